The van der Waals surface area contributed by atoms with E-state index in [0.29, 0.717) is 6.61 Å². The van der Waals surface area contributed by atoms with Crippen molar-refractivity contribution in [1.29, 1.82) is 0 Å². The number of rotatable bonds is 8. The van der Waals surface area contributed by atoms with Gasteiger partial charge < -0.3 is 9.84 Å². The van der Waals surface area contributed by atoms with Crippen molar-refractivity contribution in [2.24, 2.45) is 0 Å². The van der Waals surface area contributed by atoms with Gasteiger partial charge in [0.05, 0.1) is 0 Å². The third-order valence-electron chi connectivity index (χ3n) is 3.18. The van der Waals surface area contributed by atoms with Crippen molar-refractivity contribution in [2.75, 3.05) is 6.61 Å². The summed E-state index contributed by atoms with van der Waals surface area (Å²) < 4.78 is 5.23. The summed E-state index contributed by atoms with van der Waals surface area (Å²) in [6.45, 7) is 1.78. The van der Waals surface area contributed by atoms with Crippen LogP contribution in [0.5, 0.6) is 0 Å². The molecule has 0 aromatic heterocycles. The maximum atomic E-state index is 10.9. The van der Waals surface area contributed by atoms with E-state index >= 15 is 0 Å². The monoisotopic (exact) mass is 240 g/mol. The fraction of sp³-hybridized carbons (Fsp3) is 0.786. The topological polar surface area (TPSA) is 46.5 Å². The second-order valence-corrected chi connectivity index (χ2v) is 4.72. The summed E-state index contributed by atoms with van der Waals surface area (Å²) in [5.74, 6) is 0.746. The Kier molecular flexibility index (Phi) is 6.94. The van der Waals surface area contributed by atoms with E-state index in [1.807, 2.05) is 0 Å². The predicted octanol–water partition coefficient (Wildman–Crippen LogP) is 3.32. The zero-order valence-electron chi connectivity index (χ0n) is 10.8. The van der Waals surface area contributed by atoms with Crippen molar-refractivity contribution in [1.82, 2.24) is 0 Å². The maximum Gasteiger partial charge on any atom is 0.307 e. The molecule has 0 spiro atoms. The lowest BCUT2D eigenvalue weighted by Crippen LogP contribution is -1.98. The first-order chi connectivity index (χ1) is 8.24. The molecule has 0 atom stereocenters. The molecule has 0 saturated heterocycles. The van der Waals surface area contributed by atoms with Gasteiger partial charge in [0.25, 0.3) is 0 Å². The maximum absolute atomic E-state index is 10.9. The van der Waals surface area contributed by atoms with Crippen molar-refractivity contribution in [3.05, 3.63) is 11.3 Å². The average molecular weight is 240 g/mol. The van der Waals surface area contributed by atoms with E-state index in [2.05, 4.69) is 0 Å². The van der Waals surface area contributed by atoms with Crippen LogP contribution < -0.4 is 0 Å². The summed E-state index contributed by atoms with van der Waals surface area (Å²) in [7, 11) is 0. The second-order valence-electron chi connectivity index (χ2n) is 4.72. The van der Waals surface area contributed by atoms with Gasteiger partial charge in [-0.3, -0.25) is 4.79 Å². The minimum atomic E-state index is -0.192. The normalized spacial score (nSPS) is 15.4. The van der Waals surface area contributed by atoms with E-state index in [0.717, 1.165) is 44.3 Å². The summed E-state index contributed by atoms with van der Waals surface area (Å²) in [6.07, 6.45) is 9.83. The standard InChI is InChI=1S/C14H24O3/c1-12(16)17-14-10-7-9-13(14)8-5-3-2-4-6-11-15/h15H,2-11H2,1H3. The lowest BCUT2D eigenvalue weighted by molar-refractivity contribution is -0.137. The van der Waals surface area contributed by atoms with Crippen LogP contribution in [0.15, 0.2) is 11.3 Å². The van der Waals surface area contributed by atoms with Gasteiger partial charge >= 0.3 is 5.97 Å². The number of esters is 1. The van der Waals surface area contributed by atoms with Crippen LogP contribution in [0.4, 0.5) is 0 Å². The van der Waals surface area contributed by atoms with Crippen molar-refractivity contribution in [3.8, 4) is 0 Å². The summed E-state index contributed by atoms with van der Waals surface area (Å²) in [5, 5.41) is 8.66. The zero-order chi connectivity index (χ0) is 12.5. The van der Waals surface area contributed by atoms with Crippen LogP contribution in [0.2, 0.25) is 0 Å². The highest BCUT2D eigenvalue weighted by Gasteiger charge is 2.16. The number of aliphatic hydroxyl groups excluding tert-OH is 1. The molecule has 0 aromatic carbocycles. The third kappa shape index (κ3) is 5.87. The van der Waals surface area contributed by atoms with E-state index in [1.165, 1.54) is 31.8 Å². The van der Waals surface area contributed by atoms with Crippen LogP contribution in [0, 0.1) is 0 Å². The molecule has 1 aliphatic rings. The Labute approximate surface area is 104 Å². The smallest absolute Gasteiger partial charge is 0.307 e. The van der Waals surface area contributed by atoms with Gasteiger partial charge in [0.1, 0.15) is 5.76 Å². The minimum Gasteiger partial charge on any atom is -0.431 e. The lowest BCUT2D eigenvalue weighted by atomic mass is 10.1. The van der Waals surface area contributed by atoms with E-state index < -0.39 is 0 Å². The Bertz CT molecular complexity index is 269. The molecular formula is C14H24O3. The highest BCUT2D eigenvalue weighted by Crippen LogP contribution is 2.30. The number of hydrogen-bond donors (Lipinski definition) is 1. The molecular weight excluding hydrogens is 216 g/mol. The molecule has 98 valence electrons. The molecule has 0 aliphatic heterocycles. The van der Waals surface area contributed by atoms with Gasteiger partial charge in [0, 0.05) is 20.0 Å². The average Bonchev–Trinajstić information content (AvgIpc) is 2.70. The first-order valence-electron chi connectivity index (χ1n) is 6.74. The number of aliphatic hydroxyl groups is 1. The number of hydrogen-bond acceptors (Lipinski definition) is 3. The Balaban J connectivity index is 2.18. The Morgan fingerprint density at radius 3 is 2.59 bits per heavy atom. The van der Waals surface area contributed by atoms with Gasteiger partial charge in [-0.2, -0.15) is 0 Å². The van der Waals surface area contributed by atoms with E-state index in [4.69, 9.17) is 9.84 Å². The van der Waals surface area contributed by atoms with Crippen LogP contribution in [0.3, 0.4) is 0 Å². The molecule has 1 rings (SSSR count). The molecule has 17 heavy (non-hydrogen) atoms. The molecule has 1 aliphatic carbocycles. The Morgan fingerprint density at radius 1 is 1.18 bits per heavy atom. The lowest BCUT2D eigenvalue weighted by Gasteiger charge is -2.06. The first-order valence-corrected chi connectivity index (χ1v) is 6.74. The van der Waals surface area contributed by atoms with Crippen molar-refractivity contribution < 1.29 is 14.6 Å². The second kappa shape index (κ2) is 8.29. The number of ether oxygens (including phenoxy) is 1. The fourth-order valence-electron chi connectivity index (χ4n) is 2.32. The molecule has 0 amide bonds. The summed E-state index contributed by atoms with van der Waals surface area (Å²) >= 11 is 0. The zero-order valence-corrected chi connectivity index (χ0v) is 10.8. The van der Waals surface area contributed by atoms with Crippen LogP contribution in [0.25, 0.3) is 0 Å². The van der Waals surface area contributed by atoms with E-state index in [9.17, 15) is 4.79 Å². The van der Waals surface area contributed by atoms with Crippen molar-refractivity contribution >= 4 is 5.97 Å². The molecule has 0 radical (unpaired) electrons. The van der Waals surface area contributed by atoms with Crippen molar-refractivity contribution in [3.63, 3.8) is 0 Å². The van der Waals surface area contributed by atoms with Gasteiger partial charge in [-0.25, -0.2) is 0 Å². The predicted molar refractivity (Wildman–Crippen MR) is 67.4 cm³/mol. The highest BCUT2D eigenvalue weighted by atomic mass is 16.5. The summed E-state index contributed by atoms with van der Waals surface area (Å²) in [4.78, 5) is 10.9. The highest BCUT2D eigenvalue weighted by molar-refractivity contribution is 5.67. The Hall–Kier alpha value is -0.830. The largest absolute Gasteiger partial charge is 0.431 e. The van der Waals surface area contributed by atoms with Gasteiger partial charge in [0.15, 0.2) is 0 Å². The Morgan fingerprint density at radius 2 is 1.88 bits per heavy atom. The molecule has 0 unspecified atom stereocenters. The van der Waals surface area contributed by atoms with Gasteiger partial charge in [-0.05, 0) is 37.7 Å². The molecule has 0 saturated carbocycles. The molecule has 3 heteroatoms. The molecule has 0 fully saturated rings. The fourth-order valence-corrected chi connectivity index (χ4v) is 2.32. The molecule has 0 bridgehead atoms. The molecule has 0 heterocycles. The van der Waals surface area contributed by atoms with Gasteiger partial charge in [-0.15, -0.1) is 0 Å². The molecule has 0 aromatic rings. The molecule has 1 N–H and O–H groups in total. The number of carbonyl (C=O) groups is 1. The quantitative estimate of drug-likeness (QED) is 0.523. The van der Waals surface area contributed by atoms with Crippen LogP contribution in [-0.2, 0) is 9.53 Å². The number of carbonyl (C=O) groups excluding carboxylic acids is 1. The van der Waals surface area contributed by atoms with Gasteiger partial charge in [-0.1, -0.05) is 19.3 Å². The summed E-state index contributed by atoms with van der Waals surface area (Å²) in [6, 6.07) is 0. The summed E-state index contributed by atoms with van der Waals surface area (Å²) in [5.41, 5.74) is 1.35. The third-order valence-corrected chi connectivity index (χ3v) is 3.18. The van der Waals surface area contributed by atoms with Crippen LogP contribution in [-0.4, -0.2) is 17.7 Å². The number of allylic oxidation sites excluding steroid dienone is 2. The van der Waals surface area contributed by atoms with Crippen LogP contribution in [0.1, 0.15) is 64.7 Å². The van der Waals surface area contributed by atoms with Crippen molar-refractivity contribution in [2.45, 2.75) is 64.7 Å². The van der Waals surface area contributed by atoms with Crippen LogP contribution >= 0.6 is 0 Å². The van der Waals surface area contributed by atoms with E-state index in [-0.39, 0.29) is 5.97 Å². The SMILES string of the molecule is CC(=O)OC1=C(CCCCCCCO)CCC1. The van der Waals surface area contributed by atoms with Gasteiger partial charge in [0.2, 0.25) is 0 Å². The minimum absolute atomic E-state index is 0.192. The van der Waals surface area contributed by atoms with E-state index in [1.54, 1.807) is 0 Å². The first kappa shape index (κ1) is 14.2. The molecule has 3 nitrogen and oxygen atoms in total. The number of unbranched alkanes of at least 4 members (excludes halogenated alkanes) is 4.